The van der Waals surface area contributed by atoms with E-state index in [1.165, 1.54) is 24.0 Å². The van der Waals surface area contributed by atoms with E-state index in [0.29, 0.717) is 17.7 Å². The van der Waals surface area contributed by atoms with E-state index >= 15 is 0 Å². The smallest absolute Gasteiger partial charge is 0.115 e. The highest BCUT2D eigenvalue weighted by molar-refractivity contribution is 5.40. The van der Waals surface area contributed by atoms with Gasteiger partial charge >= 0.3 is 0 Å². The number of nitrogens with one attached hydrogen (secondary N) is 1. The van der Waals surface area contributed by atoms with Crippen molar-refractivity contribution in [2.45, 2.75) is 50.7 Å². The summed E-state index contributed by atoms with van der Waals surface area (Å²) in [7, 11) is 0. The predicted octanol–water partition coefficient (Wildman–Crippen LogP) is 2.52. The van der Waals surface area contributed by atoms with Gasteiger partial charge in [-0.3, -0.25) is 0 Å². The monoisotopic (exact) mass is 261 g/mol. The largest absolute Gasteiger partial charge is 0.508 e. The van der Waals surface area contributed by atoms with E-state index in [2.05, 4.69) is 5.32 Å². The quantitative estimate of drug-likeness (QED) is 0.783. The molecule has 3 nitrogen and oxygen atoms in total. The lowest BCUT2D eigenvalue weighted by Crippen LogP contribution is -2.35. The van der Waals surface area contributed by atoms with Gasteiger partial charge in [-0.25, -0.2) is 0 Å². The first kappa shape index (κ1) is 12.9. The predicted molar refractivity (Wildman–Crippen MR) is 75.1 cm³/mol. The summed E-state index contributed by atoms with van der Waals surface area (Å²) in [4.78, 5) is 0. The van der Waals surface area contributed by atoms with Gasteiger partial charge in [-0.1, -0.05) is 18.9 Å². The lowest BCUT2D eigenvalue weighted by atomic mass is 9.86. The summed E-state index contributed by atoms with van der Waals surface area (Å²) in [6, 6.07) is 6.08. The molecule has 3 unspecified atom stereocenters. The number of aromatic hydroxyl groups is 1. The fraction of sp³-hybridized carbons (Fsp3) is 0.625. The third-order valence-electron chi connectivity index (χ3n) is 4.70. The van der Waals surface area contributed by atoms with Crippen molar-refractivity contribution in [3.05, 3.63) is 29.3 Å². The summed E-state index contributed by atoms with van der Waals surface area (Å²) in [5.74, 6) is 0.775. The van der Waals surface area contributed by atoms with Crippen LogP contribution in [0.25, 0.3) is 0 Å². The first-order chi connectivity index (χ1) is 9.24. The molecule has 1 saturated carbocycles. The molecule has 1 aromatic rings. The van der Waals surface area contributed by atoms with E-state index in [4.69, 9.17) is 0 Å². The molecule has 3 heteroatoms. The Bertz CT molecular complexity index is 446. The first-order valence-corrected chi connectivity index (χ1v) is 7.47. The highest BCUT2D eigenvalue weighted by atomic mass is 16.3. The highest BCUT2D eigenvalue weighted by Crippen LogP contribution is 2.34. The molecule has 0 spiro atoms. The number of phenolic OH excluding ortho intramolecular Hbond substituents is 1. The number of phenols is 1. The number of aliphatic hydroxyl groups is 1. The number of fused-ring (bicyclic) bond motifs is 1. The third kappa shape index (κ3) is 2.77. The summed E-state index contributed by atoms with van der Waals surface area (Å²) in [5, 5.41) is 23.1. The SMILES string of the molecule is Oc1ccc2c(c1)CCC2NCC1CCCCC1O. The van der Waals surface area contributed by atoms with Crippen LogP contribution in [-0.2, 0) is 6.42 Å². The van der Waals surface area contributed by atoms with Gasteiger partial charge in [-0.2, -0.15) is 0 Å². The van der Waals surface area contributed by atoms with E-state index in [1.807, 2.05) is 12.1 Å². The highest BCUT2D eigenvalue weighted by Gasteiger charge is 2.26. The molecule has 3 atom stereocenters. The van der Waals surface area contributed by atoms with E-state index in [0.717, 1.165) is 32.2 Å². The number of hydrogen-bond acceptors (Lipinski definition) is 3. The standard InChI is InChI=1S/C16H23NO2/c18-13-6-7-14-11(9-13)5-8-15(14)17-10-12-3-1-2-4-16(12)19/h6-7,9,12,15-19H,1-5,8,10H2. The molecule has 3 rings (SSSR count). The van der Waals surface area contributed by atoms with Crippen molar-refractivity contribution in [3.63, 3.8) is 0 Å². The maximum atomic E-state index is 10.0. The Morgan fingerprint density at radius 3 is 2.84 bits per heavy atom. The second kappa shape index (κ2) is 5.51. The van der Waals surface area contributed by atoms with Crippen LogP contribution >= 0.6 is 0 Å². The zero-order valence-corrected chi connectivity index (χ0v) is 11.3. The average Bonchev–Trinajstić information content (AvgIpc) is 2.80. The molecule has 0 aliphatic heterocycles. The van der Waals surface area contributed by atoms with Crippen molar-refractivity contribution in [2.75, 3.05) is 6.54 Å². The topological polar surface area (TPSA) is 52.5 Å². The molecule has 104 valence electrons. The van der Waals surface area contributed by atoms with Crippen LogP contribution in [0.15, 0.2) is 18.2 Å². The molecule has 19 heavy (non-hydrogen) atoms. The van der Waals surface area contributed by atoms with Gasteiger partial charge in [0.15, 0.2) is 0 Å². The maximum Gasteiger partial charge on any atom is 0.115 e. The van der Waals surface area contributed by atoms with Crippen molar-refractivity contribution in [3.8, 4) is 5.75 Å². The van der Waals surface area contributed by atoms with Gasteiger partial charge in [0.1, 0.15) is 5.75 Å². The Kier molecular flexibility index (Phi) is 3.76. The zero-order valence-electron chi connectivity index (χ0n) is 11.3. The van der Waals surface area contributed by atoms with Crippen molar-refractivity contribution < 1.29 is 10.2 Å². The molecule has 0 heterocycles. The van der Waals surface area contributed by atoms with Gasteiger partial charge in [-0.15, -0.1) is 0 Å². The molecule has 2 aliphatic carbocycles. The minimum absolute atomic E-state index is 0.123. The summed E-state index contributed by atoms with van der Waals surface area (Å²) >= 11 is 0. The van der Waals surface area contributed by atoms with Crippen LogP contribution in [0.3, 0.4) is 0 Å². The van der Waals surface area contributed by atoms with Gasteiger partial charge in [0, 0.05) is 12.6 Å². The van der Waals surface area contributed by atoms with Crippen LogP contribution < -0.4 is 5.32 Å². The molecule has 0 aromatic heterocycles. The van der Waals surface area contributed by atoms with Gasteiger partial charge in [0.2, 0.25) is 0 Å². The van der Waals surface area contributed by atoms with Crippen LogP contribution in [0, 0.1) is 5.92 Å². The molecule has 2 aliphatic rings. The minimum atomic E-state index is -0.123. The third-order valence-corrected chi connectivity index (χ3v) is 4.70. The number of rotatable bonds is 3. The Morgan fingerprint density at radius 2 is 2.00 bits per heavy atom. The second-order valence-corrected chi connectivity index (χ2v) is 5.99. The Balaban J connectivity index is 1.60. The number of aryl methyl sites for hydroxylation is 1. The number of hydrogen-bond donors (Lipinski definition) is 3. The van der Waals surface area contributed by atoms with Gasteiger partial charge in [0.25, 0.3) is 0 Å². The maximum absolute atomic E-state index is 10.0. The molecule has 3 N–H and O–H groups in total. The van der Waals surface area contributed by atoms with Gasteiger partial charge < -0.3 is 15.5 Å². The van der Waals surface area contributed by atoms with Crippen molar-refractivity contribution >= 4 is 0 Å². The number of aliphatic hydroxyl groups excluding tert-OH is 1. The van der Waals surface area contributed by atoms with Crippen LogP contribution in [0.1, 0.15) is 49.3 Å². The fourth-order valence-electron chi connectivity index (χ4n) is 3.54. The molecular formula is C16H23NO2. The molecule has 1 fully saturated rings. The van der Waals surface area contributed by atoms with Crippen molar-refractivity contribution in [1.29, 1.82) is 0 Å². The normalized spacial score (nSPS) is 30.3. The zero-order chi connectivity index (χ0) is 13.2. The fourth-order valence-corrected chi connectivity index (χ4v) is 3.54. The lowest BCUT2D eigenvalue weighted by molar-refractivity contribution is 0.0681. The summed E-state index contributed by atoms with van der Waals surface area (Å²) in [6.45, 7) is 0.909. The van der Waals surface area contributed by atoms with E-state index in [1.54, 1.807) is 6.07 Å². The Hall–Kier alpha value is -1.06. The lowest BCUT2D eigenvalue weighted by Gasteiger charge is -2.29. The van der Waals surface area contributed by atoms with Crippen LogP contribution in [0.2, 0.25) is 0 Å². The summed E-state index contributed by atoms with van der Waals surface area (Å²) in [5.41, 5.74) is 2.59. The molecule has 0 radical (unpaired) electrons. The number of benzene rings is 1. The van der Waals surface area contributed by atoms with Crippen LogP contribution in [-0.4, -0.2) is 22.9 Å². The van der Waals surface area contributed by atoms with Crippen molar-refractivity contribution in [1.82, 2.24) is 5.32 Å². The van der Waals surface area contributed by atoms with E-state index < -0.39 is 0 Å². The molecule has 0 bridgehead atoms. The van der Waals surface area contributed by atoms with Gasteiger partial charge in [-0.05, 0) is 54.9 Å². The van der Waals surface area contributed by atoms with E-state index in [9.17, 15) is 10.2 Å². The van der Waals surface area contributed by atoms with Crippen LogP contribution in [0.5, 0.6) is 5.75 Å². The second-order valence-electron chi connectivity index (χ2n) is 5.99. The molecule has 0 amide bonds. The summed E-state index contributed by atoms with van der Waals surface area (Å²) in [6.07, 6.45) is 6.53. The molecular weight excluding hydrogens is 238 g/mol. The first-order valence-electron chi connectivity index (χ1n) is 7.47. The van der Waals surface area contributed by atoms with Crippen molar-refractivity contribution in [2.24, 2.45) is 5.92 Å². The Labute approximate surface area is 114 Å². The molecule has 0 saturated heterocycles. The molecule has 1 aromatic carbocycles. The average molecular weight is 261 g/mol. The van der Waals surface area contributed by atoms with E-state index in [-0.39, 0.29) is 6.10 Å². The Morgan fingerprint density at radius 1 is 1.16 bits per heavy atom. The van der Waals surface area contributed by atoms with Crippen LogP contribution in [0.4, 0.5) is 0 Å². The minimum Gasteiger partial charge on any atom is -0.508 e. The summed E-state index contributed by atoms with van der Waals surface area (Å²) < 4.78 is 0. The van der Waals surface area contributed by atoms with Gasteiger partial charge in [0.05, 0.1) is 6.10 Å².